The van der Waals surface area contributed by atoms with Crippen LogP contribution in [0.4, 0.5) is 0 Å². The average molecular weight is 287 g/mol. The quantitative estimate of drug-likeness (QED) is 0.930. The van der Waals surface area contributed by atoms with Crippen LogP contribution in [0.3, 0.4) is 0 Å². The van der Waals surface area contributed by atoms with Gasteiger partial charge in [-0.05, 0) is 18.4 Å². The van der Waals surface area contributed by atoms with Gasteiger partial charge in [0.05, 0.1) is 11.5 Å². The fraction of sp³-hybridized carbons (Fsp3) is 0.529. The van der Waals surface area contributed by atoms with E-state index in [9.17, 15) is 14.7 Å². The molecule has 4 heteroatoms. The van der Waals surface area contributed by atoms with Crippen LogP contribution in [0, 0.1) is 5.92 Å². The van der Waals surface area contributed by atoms with Crippen molar-refractivity contribution < 1.29 is 14.7 Å². The first-order valence-corrected chi connectivity index (χ1v) is 7.71. The summed E-state index contributed by atoms with van der Waals surface area (Å²) in [5.41, 5.74) is 0.610. The van der Waals surface area contributed by atoms with Crippen molar-refractivity contribution in [3.05, 3.63) is 35.9 Å². The zero-order valence-corrected chi connectivity index (χ0v) is 12.1. The molecule has 112 valence electrons. The van der Waals surface area contributed by atoms with E-state index in [0.29, 0.717) is 6.54 Å². The van der Waals surface area contributed by atoms with Crippen molar-refractivity contribution in [1.82, 2.24) is 4.90 Å². The summed E-state index contributed by atoms with van der Waals surface area (Å²) in [5.74, 6) is -1.37. The third-order valence-electron chi connectivity index (χ3n) is 5.07. The molecule has 1 aromatic carbocycles. The van der Waals surface area contributed by atoms with Gasteiger partial charge in [-0.25, -0.2) is 0 Å². The molecular formula is C17H21NO3. The van der Waals surface area contributed by atoms with Gasteiger partial charge in [-0.1, -0.05) is 49.6 Å². The summed E-state index contributed by atoms with van der Waals surface area (Å²) in [7, 11) is 0. The molecule has 1 amide bonds. The van der Waals surface area contributed by atoms with Crippen LogP contribution in [0.2, 0.25) is 0 Å². The van der Waals surface area contributed by atoms with E-state index in [0.717, 1.165) is 37.7 Å². The minimum Gasteiger partial charge on any atom is -0.481 e. The molecule has 2 fully saturated rings. The van der Waals surface area contributed by atoms with Gasteiger partial charge in [0.25, 0.3) is 0 Å². The van der Waals surface area contributed by atoms with Gasteiger partial charge in [-0.3, -0.25) is 9.59 Å². The zero-order chi connectivity index (χ0) is 14.9. The molecular weight excluding hydrogens is 266 g/mol. The Morgan fingerprint density at radius 3 is 2.48 bits per heavy atom. The predicted molar refractivity (Wildman–Crippen MR) is 78.6 cm³/mol. The number of likely N-dealkylation sites (tertiary alicyclic amines) is 1. The van der Waals surface area contributed by atoms with E-state index in [1.165, 1.54) is 0 Å². The standard InChI is InChI=1S/C17H21NO3/c19-15-11-14(16(20)21)17(9-5-2-6-10-17)18(15)12-13-7-3-1-4-8-13/h1,3-4,7-8,14H,2,5-6,9-12H2,(H,20,21)/t14-/m1/s1. The molecule has 0 aromatic heterocycles. The first kappa shape index (κ1) is 14.1. The van der Waals surface area contributed by atoms with Gasteiger partial charge < -0.3 is 10.0 Å². The van der Waals surface area contributed by atoms with E-state index in [4.69, 9.17) is 0 Å². The average Bonchev–Trinajstić information content (AvgIpc) is 2.75. The van der Waals surface area contributed by atoms with Crippen LogP contribution in [-0.4, -0.2) is 27.4 Å². The fourth-order valence-corrected chi connectivity index (χ4v) is 4.02. The van der Waals surface area contributed by atoms with Crippen molar-refractivity contribution in [2.75, 3.05) is 0 Å². The Hall–Kier alpha value is -1.84. The van der Waals surface area contributed by atoms with Gasteiger partial charge in [0, 0.05) is 13.0 Å². The number of aliphatic carboxylic acids is 1. The number of carboxylic acid groups (broad SMARTS) is 1. The van der Waals surface area contributed by atoms with Crippen LogP contribution in [0.1, 0.15) is 44.1 Å². The molecule has 0 radical (unpaired) electrons. The minimum absolute atomic E-state index is 0.00634. The Labute approximate surface area is 124 Å². The normalized spacial score (nSPS) is 24.5. The lowest BCUT2D eigenvalue weighted by Gasteiger charge is -2.44. The second-order valence-corrected chi connectivity index (χ2v) is 6.22. The first-order valence-electron chi connectivity index (χ1n) is 7.71. The van der Waals surface area contributed by atoms with E-state index in [2.05, 4.69) is 0 Å². The molecule has 0 bridgehead atoms. The van der Waals surface area contributed by atoms with Crippen molar-refractivity contribution >= 4 is 11.9 Å². The van der Waals surface area contributed by atoms with Gasteiger partial charge in [-0.2, -0.15) is 0 Å². The van der Waals surface area contributed by atoms with Gasteiger partial charge >= 0.3 is 5.97 Å². The molecule has 1 N–H and O–H groups in total. The van der Waals surface area contributed by atoms with E-state index in [1.54, 1.807) is 0 Å². The number of carbonyl (C=O) groups excluding carboxylic acids is 1. The molecule has 1 heterocycles. The molecule has 0 unspecified atom stereocenters. The third-order valence-corrected chi connectivity index (χ3v) is 5.07. The second kappa shape index (κ2) is 5.51. The van der Waals surface area contributed by atoms with Gasteiger partial charge in [0.1, 0.15) is 0 Å². The fourth-order valence-electron chi connectivity index (χ4n) is 4.02. The largest absolute Gasteiger partial charge is 0.481 e. The molecule has 3 rings (SSSR count). The summed E-state index contributed by atoms with van der Waals surface area (Å²) in [6.45, 7) is 0.531. The predicted octanol–water partition coefficient (Wildman–Crippen LogP) is 2.82. The molecule has 4 nitrogen and oxygen atoms in total. The molecule has 2 aliphatic rings. The monoisotopic (exact) mass is 287 g/mol. The van der Waals surface area contributed by atoms with Crippen LogP contribution in [0.15, 0.2) is 30.3 Å². The summed E-state index contributed by atoms with van der Waals surface area (Å²) >= 11 is 0. The highest BCUT2D eigenvalue weighted by Gasteiger charge is 2.55. The Kier molecular flexibility index (Phi) is 3.70. The first-order chi connectivity index (χ1) is 10.1. The minimum atomic E-state index is -0.819. The van der Waals surface area contributed by atoms with E-state index in [1.807, 2.05) is 35.2 Å². The third kappa shape index (κ3) is 2.43. The number of rotatable bonds is 3. The molecule has 1 spiro atoms. The van der Waals surface area contributed by atoms with Crippen LogP contribution in [0.25, 0.3) is 0 Å². The molecule has 21 heavy (non-hydrogen) atoms. The van der Waals surface area contributed by atoms with Crippen molar-refractivity contribution in [3.63, 3.8) is 0 Å². The zero-order valence-electron chi connectivity index (χ0n) is 12.1. The SMILES string of the molecule is O=C(O)[C@H]1CC(=O)N(Cc2ccccc2)C12CCCCC2. The van der Waals surface area contributed by atoms with Crippen molar-refractivity contribution in [2.24, 2.45) is 5.92 Å². The lowest BCUT2D eigenvalue weighted by atomic mass is 9.73. The maximum absolute atomic E-state index is 12.4. The number of carboxylic acids is 1. The highest BCUT2D eigenvalue weighted by Crippen LogP contribution is 2.46. The maximum atomic E-state index is 12.4. The highest BCUT2D eigenvalue weighted by atomic mass is 16.4. The van der Waals surface area contributed by atoms with E-state index in [-0.39, 0.29) is 12.3 Å². The number of carbonyl (C=O) groups is 2. The van der Waals surface area contributed by atoms with Crippen LogP contribution < -0.4 is 0 Å². The van der Waals surface area contributed by atoms with Gasteiger partial charge in [-0.15, -0.1) is 0 Å². The molecule has 1 saturated carbocycles. The Balaban J connectivity index is 1.92. The van der Waals surface area contributed by atoms with Crippen LogP contribution >= 0.6 is 0 Å². The summed E-state index contributed by atoms with van der Waals surface area (Å²) < 4.78 is 0. The van der Waals surface area contributed by atoms with Crippen molar-refractivity contribution in [2.45, 2.75) is 50.6 Å². The highest BCUT2D eigenvalue weighted by molar-refractivity contribution is 5.88. The number of nitrogens with zero attached hydrogens (tertiary/aromatic N) is 1. The second-order valence-electron chi connectivity index (χ2n) is 6.22. The summed E-state index contributed by atoms with van der Waals surface area (Å²) in [6, 6.07) is 9.86. The lowest BCUT2D eigenvalue weighted by Crippen LogP contribution is -2.51. The Morgan fingerprint density at radius 2 is 1.86 bits per heavy atom. The molecule has 1 aliphatic heterocycles. The number of benzene rings is 1. The van der Waals surface area contributed by atoms with E-state index >= 15 is 0 Å². The van der Waals surface area contributed by atoms with Gasteiger partial charge in [0.15, 0.2) is 0 Å². The maximum Gasteiger partial charge on any atom is 0.309 e. The summed E-state index contributed by atoms with van der Waals surface area (Å²) in [4.78, 5) is 25.9. The molecule has 1 atom stereocenters. The smallest absolute Gasteiger partial charge is 0.309 e. The Bertz CT molecular complexity index is 534. The number of hydrogen-bond donors (Lipinski definition) is 1. The summed E-state index contributed by atoms with van der Waals surface area (Å²) in [5, 5.41) is 9.55. The van der Waals surface area contributed by atoms with Gasteiger partial charge in [0.2, 0.25) is 5.91 Å². The van der Waals surface area contributed by atoms with E-state index < -0.39 is 17.4 Å². The van der Waals surface area contributed by atoms with Crippen molar-refractivity contribution in [1.29, 1.82) is 0 Å². The van der Waals surface area contributed by atoms with Crippen molar-refractivity contribution in [3.8, 4) is 0 Å². The summed E-state index contributed by atoms with van der Waals surface area (Å²) in [6.07, 6.45) is 4.97. The lowest BCUT2D eigenvalue weighted by molar-refractivity contribution is -0.146. The Morgan fingerprint density at radius 1 is 1.19 bits per heavy atom. The van der Waals surface area contributed by atoms with Crippen LogP contribution in [0.5, 0.6) is 0 Å². The van der Waals surface area contributed by atoms with Crippen LogP contribution in [-0.2, 0) is 16.1 Å². The molecule has 1 aliphatic carbocycles. The topological polar surface area (TPSA) is 57.6 Å². The number of hydrogen-bond acceptors (Lipinski definition) is 2. The molecule has 1 saturated heterocycles. The molecule has 1 aromatic rings. The number of amides is 1.